The monoisotopic (exact) mass is 404 g/mol. The van der Waals surface area contributed by atoms with Crippen LogP contribution in [0.4, 0.5) is 0 Å². The van der Waals surface area contributed by atoms with Crippen molar-refractivity contribution in [1.82, 2.24) is 0 Å². The number of benzene rings is 1. The number of carbonyl (C=O) groups excluding carboxylic acids is 2. The summed E-state index contributed by atoms with van der Waals surface area (Å²) in [5.74, 6) is -0.896. The molecule has 0 bridgehead atoms. The van der Waals surface area contributed by atoms with Gasteiger partial charge in [0.25, 0.3) is 0 Å². The van der Waals surface area contributed by atoms with Gasteiger partial charge in [0.1, 0.15) is 0 Å². The van der Waals surface area contributed by atoms with Crippen LogP contribution in [0.25, 0.3) is 0 Å². The Kier molecular flexibility index (Phi) is 13.9. The molecular formula is C25H40O4. The summed E-state index contributed by atoms with van der Waals surface area (Å²) < 4.78 is 10.9. The van der Waals surface area contributed by atoms with Gasteiger partial charge in [0.05, 0.1) is 23.8 Å². The fourth-order valence-electron chi connectivity index (χ4n) is 3.30. The fourth-order valence-corrected chi connectivity index (χ4v) is 3.30. The number of ether oxygens (including phenoxy) is 2. The van der Waals surface area contributed by atoms with E-state index in [4.69, 9.17) is 9.47 Å². The smallest absolute Gasteiger partial charge is 0.339 e. The van der Waals surface area contributed by atoms with Gasteiger partial charge in [-0.3, -0.25) is 0 Å². The van der Waals surface area contributed by atoms with Crippen LogP contribution in [0.3, 0.4) is 0 Å². The summed E-state index contributed by atoms with van der Waals surface area (Å²) in [6.45, 7) is 6.66. The van der Waals surface area contributed by atoms with Crippen molar-refractivity contribution < 1.29 is 19.1 Å². The van der Waals surface area contributed by atoms with Gasteiger partial charge in [-0.25, -0.2) is 9.59 Å². The minimum atomic E-state index is -0.450. The van der Waals surface area contributed by atoms with E-state index in [9.17, 15) is 9.59 Å². The second kappa shape index (κ2) is 16.0. The van der Waals surface area contributed by atoms with Crippen molar-refractivity contribution in [3.8, 4) is 0 Å². The first kappa shape index (κ1) is 25.2. The Hall–Kier alpha value is -1.84. The van der Waals surface area contributed by atoms with Crippen molar-refractivity contribution in [3.63, 3.8) is 0 Å². The molecule has 0 amide bonds. The molecule has 0 saturated heterocycles. The third kappa shape index (κ3) is 11.1. The molecular weight excluding hydrogens is 364 g/mol. The highest BCUT2D eigenvalue weighted by molar-refractivity contribution is 6.03. The molecule has 1 unspecified atom stereocenters. The van der Waals surface area contributed by atoms with Crippen LogP contribution in [0, 0.1) is 0 Å². The Morgan fingerprint density at radius 3 is 1.90 bits per heavy atom. The quantitative estimate of drug-likeness (QED) is 0.218. The molecule has 0 radical (unpaired) electrons. The van der Waals surface area contributed by atoms with E-state index in [-0.39, 0.29) is 17.2 Å². The largest absolute Gasteiger partial charge is 0.462 e. The number of hydrogen-bond acceptors (Lipinski definition) is 4. The SMILES string of the molecule is CCCCCCCCCCOC(=O)c1ccccc1C(=O)OC(C)CCCCC. The average molecular weight is 405 g/mol. The molecule has 0 N–H and O–H groups in total. The maximum atomic E-state index is 12.5. The minimum absolute atomic E-state index is 0.157. The molecule has 1 aromatic carbocycles. The topological polar surface area (TPSA) is 52.6 Å². The molecule has 0 aliphatic carbocycles. The zero-order chi connectivity index (χ0) is 21.3. The molecule has 0 spiro atoms. The van der Waals surface area contributed by atoms with Crippen LogP contribution in [0.1, 0.15) is 119 Å². The Balaban J connectivity index is 2.39. The first-order chi connectivity index (χ1) is 14.1. The molecule has 0 saturated carbocycles. The van der Waals surface area contributed by atoms with Crippen molar-refractivity contribution in [3.05, 3.63) is 35.4 Å². The van der Waals surface area contributed by atoms with E-state index >= 15 is 0 Å². The van der Waals surface area contributed by atoms with E-state index in [0.29, 0.717) is 6.61 Å². The van der Waals surface area contributed by atoms with E-state index in [1.165, 1.54) is 38.5 Å². The Morgan fingerprint density at radius 1 is 0.759 bits per heavy atom. The molecule has 1 aromatic rings. The zero-order valence-electron chi connectivity index (χ0n) is 18.7. The summed E-state index contributed by atoms with van der Waals surface area (Å²) in [7, 11) is 0. The van der Waals surface area contributed by atoms with Crippen molar-refractivity contribution in [2.45, 2.75) is 104 Å². The standard InChI is InChI=1S/C25H40O4/c1-4-6-8-9-10-11-12-16-20-28-24(26)22-18-14-15-19-23(22)25(27)29-21(3)17-13-7-5-2/h14-15,18-19,21H,4-13,16-17,20H2,1-3H3. The summed E-state index contributed by atoms with van der Waals surface area (Å²) >= 11 is 0. The van der Waals surface area contributed by atoms with Crippen molar-refractivity contribution >= 4 is 11.9 Å². The lowest BCUT2D eigenvalue weighted by atomic mass is 10.1. The van der Waals surface area contributed by atoms with E-state index in [1.807, 2.05) is 6.92 Å². The van der Waals surface area contributed by atoms with Crippen LogP contribution in [0.5, 0.6) is 0 Å². The molecule has 0 fully saturated rings. The average Bonchev–Trinajstić information content (AvgIpc) is 2.72. The normalized spacial score (nSPS) is 11.8. The molecule has 0 heterocycles. The number of rotatable bonds is 16. The van der Waals surface area contributed by atoms with E-state index in [2.05, 4.69) is 13.8 Å². The van der Waals surface area contributed by atoms with Crippen molar-refractivity contribution in [2.75, 3.05) is 6.61 Å². The zero-order valence-corrected chi connectivity index (χ0v) is 18.7. The highest BCUT2D eigenvalue weighted by Crippen LogP contribution is 2.15. The number of carbonyl (C=O) groups is 2. The lowest BCUT2D eigenvalue weighted by Crippen LogP contribution is -2.18. The van der Waals surface area contributed by atoms with Gasteiger partial charge in [0.2, 0.25) is 0 Å². The summed E-state index contributed by atoms with van der Waals surface area (Å²) in [4.78, 5) is 24.9. The van der Waals surface area contributed by atoms with E-state index in [1.54, 1.807) is 24.3 Å². The van der Waals surface area contributed by atoms with Gasteiger partial charge in [-0.1, -0.05) is 83.8 Å². The van der Waals surface area contributed by atoms with Gasteiger partial charge in [-0.05, 0) is 38.3 Å². The highest BCUT2D eigenvalue weighted by atomic mass is 16.5. The van der Waals surface area contributed by atoms with Gasteiger partial charge in [0, 0.05) is 0 Å². The van der Waals surface area contributed by atoms with Gasteiger partial charge in [-0.15, -0.1) is 0 Å². The molecule has 4 nitrogen and oxygen atoms in total. The van der Waals surface area contributed by atoms with Crippen molar-refractivity contribution in [1.29, 1.82) is 0 Å². The molecule has 1 rings (SSSR count). The highest BCUT2D eigenvalue weighted by Gasteiger charge is 2.20. The number of esters is 2. The lowest BCUT2D eigenvalue weighted by molar-refractivity contribution is 0.0307. The predicted octanol–water partition coefficient (Wildman–Crippen LogP) is 7.11. The Morgan fingerprint density at radius 2 is 1.28 bits per heavy atom. The van der Waals surface area contributed by atoms with Gasteiger partial charge in [-0.2, -0.15) is 0 Å². The maximum Gasteiger partial charge on any atom is 0.339 e. The van der Waals surface area contributed by atoms with Crippen LogP contribution in [0.2, 0.25) is 0 Å². The molecule has 0 aliphatic rings. The van der Waals surface area contributed by atoms with E-state index in [0.717, 1.165) is 38.5 Å². The van der Waals surface area contributed by atoms with Gasteiger partial charge < -0.3 is 9.47 Å². The molecule has 0 aromatic heterocycles. The van der Waals surface area contributed by atoms with Gasteiger partial charge >= 0.3 is 11.9 Å². The summed E-state index contributed by atoms with van der Waals surface area (Å²) in [5.41, 5.74) is 0.577. The van der Waals surface area contributed by atoms with Gasteiger partial charge in [0.15, 0.2) is 0 Å². The first-order valence-corrected chi connectivity index (χ1v) is 11.6. The van der Waals surface area contributed by atoms with Crippen LogP contribution in [0.15, 0.2) is 24.3 Å². The molecule has 29 heavy (non-hydrogen) atoms. The Labute approximate surface area is 177 Å². The lowest BCUT2D eigenvalue weighted by Gasteiger charge is -2.14. The fraction of sp³-hybridized carbons (Fsp3) is 0.680. The third-order valence-corrected chi connectivity index (χ3v) is 5.12. The van der Waals surface area contributed by atoms with Crippen LogP contribution in [-0.2, 0) is 9.47 Å². The third-order valence-electron chi connectivity index (χ3n) is 5.12. The van der Waals surface area contributed by atoms with Crippen LogP contribution in [-0.4, -0.2) is 24.6 Å². The molecule has 0 aliphatic heterocycles. The summed E-state index contributed by atoms with van der Waals surface area (Å²) in [5, 5.41) is 0. The Bertz CT molecular complexity index is 582. The second-order valence-corrected chi connectivity index (χ2v) is 7.87. The molecule has 4 heteroatoms. The summed E-state index contributed by atoms with van der Waals surface area (Å²) in [6.07, 6.45) is 13.5. The van der Waals surface area contributed by atoms with Crippen LogP contribution < -0.4 is 0 Å². The number of unbranched alkanes of at least 4 members (excludes halogenated alkanes) is 9. The molecule has 164 valence electrons. The van der Waals surface area contributed by atoms with Crippen LogP contribution >= 0.6 is 0 Å². The predicted molar refractivity (Wildman–Crippen MR) is 118 cm³/mol. The summed E-state index contributed by atoms with van der Waals surface area (Å²) in [6, 6.07) is 6.75. The van der Waals surface area contributed by atoms with Crippen molar-refractivity contribution in [2.24, 2.45) is 0 Å². The van der Waals surface area contributed by atoms with E-state index < -0.39 is 11.9 Å². The maximum absolute atomic E-state index is 12.5. The molecule has 1 atom stereocenters. The first-order valence-electron chi connectivity index (χ1n) is 11.6. The number of hydrogen-bond donors (Lipinski definition) is 0. The minimum Gasteiger partial charge on any atom is -0.462 e. The second-order valence-electron chi connectivity index (χ2n) is 7.87.